The summed E-state index contributed by atoms with van der Waals surface area (Å²) in [5.41, 5.74) is 1.66. The molecule has 0 saturated carbocycles. The highest BCUT2D eigenvalue weighted by atomic mass is 35.5. The van der Waals surface area contributed by atoms with Crippen LogP contribution in [0.3, 0.4) is 0 Å². The number of methoxy groups -OCH3 is 2. The first-order chi connectivity index (χ1) is 9.69. The van der Waals surface area contributed by atoms with Gasteiger partial charge in [-0.25, -0.2) is 9.97 Å². The lowest BCUT2D eigenvalue weighted by atomic mass is 10.2. The molecule has 2 aromatic rings. The Kier molecular flexibility index (Phi) is 4.63. The van der Waals surface area contributed by atoms with Gasteiger partial charge in [-0.05, 0) is 18.6 Å². The van der Waals surface area contributed by atoms with Gasteiger partial charge in [0.2, 0.25) is 0 Å². The van der Waals surface area contributed by atoms with Crippen LogP contribution in [0.5, 0.6) is 11.5 Å². The zero-order chi connectivity index (χ0) is 14.5. The minimum atomic E-state index is 0.456. The Balaban J connectivity index is 2.37. The first-order valence-electron chi connectivity index (χ1n) is 6.18. The van der Waals surface area contributed by atoms with Crippen LogP contribution in [-0.4, -0.2) is 24.2 Å². The van der Waals surface area contributed by atoms with Crippen molar-refractivity contribution in [1.82, 2.24) is 9.97 Å². The summed E-state index contributed by atoms with van der Waals surface area (Å²) < 4.78 is 10.5. The molecule has 2 rings (SSSR count). The van der Waals surface area contributed by atoms with Gasteiger partial charge in [-0.3, -0.25) is 0 Å². The number of nitrogens with one attached hydrogen (secondary N) is 1. The SMILES string of the molecule is CCc1c(Cl)ncnc1Nc1ccc(OC)cc1OC. The van der Waals surface area contributed by atoms with Crippen LogP contribution < -0.4 is 14.8 Å². The topological polar surface area (TPSA) is 56.3 Å². The maximum atomic E-state index is 6.07. The second kappa shape index (κ2) is 6.43. The van der Waals surface area contributed by atoms with E-state index in [1.807, 2.05) is 19.1 Å². The Hall–Kier alpha value is -2.01. The number of hydrogen-bond donors (Lipinski definition) is 1. The van der Waals surface area contributed by atoms with Crippen molar-refractivity contribution in [2.24, 2.45) is 0 Å². The zero-order valence-corrected chi connectivity index (χ0v) is 12.4. The van der Waals surface area contributed by atoms with E-state index in [0.29, 0.717) is 16.7 Å². The number of benzene rings is 1. The van der Waals surface area contributed by atoms with Gasteiger partial charge in [-0.15, -0.1) is 0 Å². The van der Waals surface area contributed by atoms with Crippen molar-refractivity contribution >= 4 is 23.1 Å². The van der Waals surface area contributed by atoms with Crippen LogP contribution in [-0.2, 0) is 6.42 Å². The summed E-state index contributed by atoms with van der Waals surface area (Å²) in [6.07, 6.45) is 2.17. The molecule has 0 radical (unpaired) electrons. The second-order valence-electron chi connectivity index (χ2n) is 4.04. The van der Waals surface area contributed by atoms with Crippen molar-refractivity contribution in [3.63, 3.8) is 0 Å². The van der Waals surface area contributed by atoms with Gasteiger partial charge >= 0.3 is 0 Å². The predicted molar refractivity (Wildman–Crippen MR) is 79.2 cm³/mol. The van der Waals surface area contributed by atoms with Crippen molar-refractivity contribution in [3.05, 3.63) is 35.2 Å². The lowest BCUT2D eigenvalue weighted by Gasteiger charge is -2.14. The van der Waals surface area contributed by atoms with E-state index in [9.17, 15) is 0 Å². The molecule has 0 aliphatic heterocycles. The Morgan fingerprint density at radius 3 is 2.65 bits per heavy atom. The molecule has 0 aliphatic rings. The van der Waals surface area contributed by atoms with Gasteiger partial charge in [0.25, 0.3) is 0 Å². The maximum Gasteiger partial charge on any atom is 0.146 e. The minimum absolute atomic E-state index is 0.456. The third-order valence-electron chi connectivity index (χ3n) is 2.91. The van der Waals surface area contributed by atoms with Crippen molar-refractivity contribution in [1.29, 1.82) is 0 Å². The van der Waals surface area contributed by atoms with Crippen LogP contribution in [0.4, 0.5) is 11.5 Å². The van der Waals surface area contributed by atoms with Gasteiger partial charge in [-0.1, -0.05) is 18.5 Å². The maximum absolute atomic E-state index is 6.07. The van der Waals surface area contributed by atoms with E-state index in [2.05, 4.69) is 15.3 Å². The highest BCUT2D eigenvalue weighted by molar-refractivity contribution is 6.30. The van der Waals surface area contributed by atoms with E-state index in [4.69, 9.17) is 21.1 Å². The molecule has 0 saturated heterocycles. The van der Waals surface area contributed by atoms with Gasteiger partial charge in [0, 0.05) is 11.6 Å². The van der Waals surface area contributed by atoms with E-state index in [-0.39, 0.29) is 0 Å². The molecular weight excluding hydrogens is 278 g/mol. The normalized spacial score (nSPS) is 10.2. The molecule has 0 spiro atoms. The monoisotopic (exact) mass is 293 g/mol. The summed E-state index contributed by atoms with van der Waals surface area (Å²) in [7, 11) is 3.22. The largest absolute Gasteiger partial charge is 0.497 e. The van der Waals surface area contributed by atoms with Crippen molar-refractivity contribution in [3.8, 4) is 11.5 Å². The number of hydrogen-bond acceptors (Lipinski definition) is 5. The van der Waals surface area contributed by atoms with Crippen LogP contribution in [0.1, 0.15) is 12.5 Å². The Morgan fingerprint density at radius 1 is 1.20 bits per heavy atom. The van der Waals surface area contributed by atoms with Gasteiger partial charge in [0.15, 0.2) is 0 Å². The molecule has 6 heteroatoms. The van der Waals surface area contributed by atoms with Gasteiger partial charge in [0.05, 0.1) is 19.9 Å². The highest BCUT2D eigenvalue weighted by Gasteiger charge is 2.11. The molecule has 0 amide bonds. The molecule has 1 N–H and O–H groups in total. The van der Waals surface area contributed by atoms with Gasteiger partial charge < -0.3 is 14.8 Å². The molecule has 0 atom stereocenters. The van der Waals surface area contributed by atoms with Crippen LogP contribution in [0, 0.1) is 0 Å². The molecule has 0 unspecified atom stereocenters. The standard InChI is InChI=1S/C14H16ClN3O2/c1-4-10-13(15)16-8-17-14(10)18-11-6-5-9(19-2)7-12(11)20-3/h5-8H,4H2,1-3H3,(H,16,17,18). The summed E-state index contributed by atoms with van der Waals surface area (Å²) in [5.74, 6) is 2.07. The second-order valence-corrected chi connectivity index (χ2v) is 4.39. The molecule has 0 fully saturated rings. The van der Waals surface area contributed by atoms with Crippen molar-refractivity contribution < 1.29 is 9.47 Å². The average Bonchev–Trinajstić information content (AvgIpc) is 2.48. The predicted octanol–water partition coefficient (Wildman–Crippen LogP) is 3.45. The molecular formula is C14H16ClN3O2. The van der Waals surface area contributed by atoms with E-state index < -0.39 is 0 Å². The zero-order valence-electron chi connectivity index (χ0n) is 11.6. The van der Waals surface area contributed by atoms with E-state index in [0.717, 1.165) is 23.4 Å². The van der Waals surface area contributed by atoms with Gasteiger partial charge in [-0.2, -0.15) is 0 Å². The number of ether oxygens (including phenoxy) is 2. The Bertz CT molecular complexity index is 605. The fourth-order valence-corrected chi connectivity index (χ4v) is 2.11. The third kappa shape index (κ3) is 2.93. The Labute approximate surface area is 122 Å². The summed E-state index contributed by atoms with van der Waals surface area (Å²) >= 11 is 6.07. The fraction of sp³-hybridized carbons (Fsp3) is 0.286. The average molecular weight is 294 g/mol. The van der Waals surface area contributed by atoms with Crippen LogP contribution in [0.15, 0.2) is 24.5 Å². The third-order valence-corrected chi connectivity index (χ3v) is 3.23. The van der Waals surface area contributed by atoms with E-state index in [1.54, 1.807) is 20.3 Å². The molecule has 106 valence electrons. The lowest BCUT2D eigenvalue weighted by Crippen LogP contribution is -2.02. The van der Waals surface area contributed by atoms with Crippen LogP contribution in [0.2, 0.25) is 5.15 Å². The molecule has 0 bridgehead atoms. The fourth-order valence-electron chi connectivity index (χ4n) is 1.84. The van der Waals surface area contributed by atoms with Crippen molar-refractivity contribution in [2.45, 2.75) is 13.3 Å². The molecule has 20 heavy (non-hydrogen) atoms. The molecule has 0 aliphatic carbocycles. The Morgan fingerprint density at radius 2 is 2.00 bits per heavy atom. The molecule has 1 heterocycles. The summed E-state index contributed by atoms with van der Waals surface area (Å²) in [6.45, 7) is 2.00. The smallest absolute Gasteiger partial charge is 0.146 e. The van der Waals surface area contributed by atoms with E-state index >= 15 is 0 Å². The van der Waals surface area contributed by atoms with Crippen LogP contribution >= 0.6 is 11.6 Å². The minimum Gasteiger partial charge on any atom is -0.497 e. The van der Waals surface area contributed by atoms with Crippen molar-refractivity contribution in [2.75, 3.05) is 19.5 Å². The quantitative estimate of drug-likeness (QED) is 0.856. The number of halogens is 1. The summed E-state index contributed by atoms with van der Waals surface area (Å²) in [4.78, 5) is 8.22. The number of anilines is 2. The summed E-state index contributed by atoms with van der Waals surface area (Å²) in [5, 5.41) is 3.67. The molecule has 1 aromatic heterocycles. The molecule has 5 nitrogen and oxygen atoms in total. The number of aromatic nitrogens is 2. The molecule has 1 aromatic carbocycles. The first-order valence-corrected chi connectivity index (χ1v) is 6.55. The van der Waals surface area contributed by atoms with E-state index in [1.165, 1.54) is 6.33 Å². The number of rotatable bonds is 5. The lowest BCUT2D eigenvalue weighted by molar-refractivity contribution is 0.395. The highest BCUT2D eigenvalue weighted by Crippen LogP contribution is 2.32. The number of nitrogens with zero attached hydrogens (tertiary/aromatic N) is 2. The first kappa shape index (κ1) is 14.4. The summed E-state index contributed by atoms with van der Waals surface area (Å²) in [6, 6.07) is 5.52. The van der Waals surface area contributed by atoms with Crippen LogP contribution in [0.25, 0.3) is 0 Å². The van der Waals surface area contributed by atoms with Gasteiger partial charge in [0.1, 0.15) is 28.8 Å².